The van der Waals surface area contributed by atoms with E-state index in [9.17, 15) is 27.7 Å². The molecule has 4 aromatic rings. The van der Waals surface area contributed by atoms with Gasteiger partial charge in [-0.15, -0.1) is 0 Å². The zero-order valence-electron chi connectivity index (χ0n) is 21.1. The number of rotatable bonds is 10. The summed E-state index contributed by atoms with van der Waals surface area (Å²) in [5.41, 5.74) is 0.676. The molecule has 0 atom stereocenters. The molecule has 0 aliphatic heterocycles. The van der Waals surface area contributed by atoms with Crippen LogP contribution in [0.2, 0.25) is 0 Å². The minimum Gasteiger partial charge on any atom is -0.437 e. The molecule has 5 rings (SSSR count). The number of hydrogen-bond donors (Lipinski definition) is 2. The molecule has 1 saturated carbocycles. The van der Waals surface area contributed by atoms with Gasteiger partial charge in [0, 0.05) is 42.7 Å². The van der Waals surface area contributed by atoms with E-state index in [1.165, 1.54) is 28.9 Å². The summed E-state index contributed by atoms with van der Waals surface area (Å²) >= 11 is 0. The molecule has 1 aliphatic rings. The highest BCUT2D eigenvalue weighted by molar-refractivity contribution is 7.89. The monoisotopic (exact) mass is 566 g/mol. The molecule has 0 spiro atoms. The van der Waals surface area contributed by atoms with Crippen LogP contribution in [-0.2, 0) is 16.6 Å². The fraction of sp³-hybridized carbons (Fsp3) is 0.192. The summed E-state index contributed by atoms with van der Waals surface area (Å²) in [4.78, 5) is 27.4. The van der Waals surface area contributed by atoms with Crippen molar-refractivity contribution in [3.63, 3.8) is 0 Å². The zero-order valence-corrected chi connectivity index (χ0v) is 21.9. The molecule has 14 heteroatoms. The number of amides is 1. The van der Waals surface area contributed by atoms with Crippen LogP contribution in [0, 0.1) is 22.9 Å². The van der Waals surface area contributed by atoms with E-state index in [0.29, 0.717) is 12.8 Å². The minimum atomic E-state index is -4.20. The van der Waals surface area contributed by atoms with Gasteiger partial charge in [-0.05, 0) is 55.7 Å². The summed E-state index contributed by atoms with van der Waals surface area (Å²) in [6.07, 6.45) is 4.49. The number of aromatic nitrogens is 3. The Labute approximate surface area is 228 Å². The molecule has 40 heavy (non-hydrogen) atoms. The zero-order chi connectivity index (χ0) is 28.4. The summed E-state index contributed by atoms with van der Waals surface area (Å²) < 4.78 is 50.1. The highest BCUT2D eigenvalue weighted by atomic mass is 32.2. The Morgan fingerprint density at radius 1 is 1.20 bits per heavy atom. The molecule has 0 radical (unpaired) electrons. The van der Waals surface area contributed by atoms with E-state index in [1.807, 2.05) is 0 Å². The number of nitrogens with zero attached hydrogens (tertiary/aromatic N) is 4. The lowest BCUT2D eigenvalue weighted by molar-refractivity contribution is -0.385. The Bertz CT molecular complexity index is 1710. The number of ether oxygens (including phenoxy) is 1. The first-order valence-corrected chi connectivity index (χ1v) is 13.6. The van der Waals surface area contributed by atoms with Gasteiger partial charge in [-0.25, -0.2) is 17.5 Å². The van der Waals surface area contributed by atoms with Crippen LogP contribution in [0.25, 0.3) is 5.69 Å². The normalized spacial score (nSPS) is 13.2. The highest BCUT2D eigenvalue weighted by Crippen LogP contribution is 2.36. The maximum atomic E-state index is 14.1. The van der Waals surface area contributed by atoms with Crippen LogP contribution in [0.15, 0.2) is 71.9 Å². The van der Waals surface area contributed by atoms with Crippen LogP contribution in [0.3, 0.4) is 0 Å². The Hall–Kier alpha value is -4.69. The highest BCUT2D eigenvalue weighted by Gasteiger charge is 2.32. The predicted octanol–water partition coefficient (Wildman–Crippen LogP) is 3.79. The molecule has 2 aromatic carbocycles. The Morgan fingerprint density at radius 3 is 2.67 bits per heavy atom. The van der Waals surface area contributed by atoms with E-state index in [-0.39, 0.29) is 41.2 Å². The Morgan fingerprint density at radius 2 is 2.00 bits per heavy atom. The van der Waals surface area contributed by atoms with Crippen molar-refractivity contribution in [1.82, 2.24) is 24.8 Å². The lowest BCUT2D eigenvalue weighted by Crippen LogP contribution is -2.26. The summed E-state index contributed by atoms with van der Waals surface area (Å²) in [5.74, 6) is -1.45. The molecule has 2 aromatic heterocycles. The molecule has 1 fully saturated rings. The molecule has 206 valence electrons. The van der Waals surface area contributed by atoms with Crippen molar-refractivity contribution >= 4 is 21.6 Å². The molecule has 0 saturated heterocycles. The molecule has 2 N–H and O–H groups in total. The van der Waals surface area contributed by atoms with Crippen molar-refractivity contribution in [2.45, 2.75) is 37.2 Å². The molecule has 1 amide bonds. The van der Waals surface area contributed by atoms with E-state index in [2.05, 4.69) is 20.1 Å². The van der Waals surface area contributed by atoms with Gasteiger partial charge in [-0.3, -0.25) is 19.9 Å². The molecule has 0 unspecified atom stereocenters. The number of halogens is 1. The lowest BCUT2D eigenvalue weighted by Gasteiger charge is -2.14. The fourth-order valence-electron chi connectivity index (χ4n) is 3.86. The quantitative estimate of drug-likeness (QED) is 0.217. The minimum absolute atomic E-state index is 0.0504. The van der Waals surface area contributed by atoms with Crippen LogP contribution >= 0.6 is 0 Å². The predicted molar refractivity (Wildman–Crippen MR) is 140 cm³/mol. The van der Waals surface area contributed by atoms with Crippen molar-refractivity contribution in [2.75, 3.05) is 0 Å². The number of nitro benzene ring substituents is 1. The lowest BCUT2D eigenvalue weighted by atomic mass is 10.2. The van der Waals surface area contributed by atoms with Crippen molar-refractivity contribution in [1.29, 1.82) is 0 Å². The summed E-state index contributed by atoms with van der Waals surface area (Å²) in [7, 11) is -4.20. The van der Waals surface area contributed by atoms with Crippen molar-refractivity contribution < 1.29 is 27.3 Å². The van der Waals surface area contributed by atoms with Crippen molar-refractivity contribution in [3.8, 4) is 17.3 Å². The number of pyridine rings is 1. The number of hydrogen-bond acceptors (Lipinski definition) is 8. The first-order chi connectivity index (χ1) is 19.1. The Kier molecular flexibility index (Phi) is 7.28. The maximum absolute atomic E-state index is 14.1. The molecule has 12 nitrogen and oxygen atoms in total. The second-order valence-corrected chi connectivity index (χ2v) is 10.8. The van der Waals surface area contributed by atoms with E-state index < -0.39 is 37.3 Å². The Balaban J connectivity index is 1.57. The second-order valence-electron chi connectivity index (χ2n) is 9.10. The summed E-state index contributed by atoms with van der Waals surface area (Å²) in [6, 6.07) is 11.8. The fourth-order valence-corrected chi connectivity index (χ4v) is 5.31. The van der Waals surface area contributed by atoms with Gasteiger partial charge in [0.2, 0.25) is 15.9 Å². The molecule has 2 heterocycles. The number of carbonyl (C=O) groups is 1. The SMILES string of the molecule is Cc1c(C(=O)NCc2cccnc2)nn(-c2cccc(F)c2)c1Oc1ccc([N+](=O)[O-])cc1S(=O)(=O)NC1CC1. The largest absolute Gasteiger partial charge is 0.437 e. The van der Waals surface area contributed by atoms with Crippen LogP contribution in [0.5, 0.6) is 11.6 Å². The number of nitro groups is 1. The number of sulfonamides is 1. The maximum Gasteiger partial charge on any atom is 0.272 e. The molecule has 1 aliphatic carbocycles. The van der Waals surface area contributed by atoms with E-state index >= 15 is 0 Å². The smallest absolute Gasteiger partial charge is 0.272 e. The topological polar surface area (TPSA) is 158 Å². The van der Waals surface area contributed by atoms with Gasteiger partial charge >= 0.3 is 0 Å². The van der Waals surface area contributed by atoms with E-state index in [0.717, 1.165) is 23.8 Å². The number of benzene rings is 2. The third-order valence-corrected chi connectivity index (χ3v) is 7.59. The van der Waals surface area contributed by atoms with E-state index in [1.54, 1.807) is 31.5 Å². The van der Waals surface area contributed by atoms with Gasteiger partial charge in [0.05, 0.1) is 10.6 Å². The van der Waals surface area contributed by atoms with Crippen LogP contribution < -0.4 is 14.8 Å². The molecule has 0 bridgehead atoms. The van der Waals surface area contributed by atoms with Gasteiger partial charge in [0.25, 0.3) is 11.6 Å². The summed E-state index contributed by atoms with van der Waals surface area (Å²) in [6.45, 7) is 1.70. The van der Waals surface area contributed by atoms with Crippen LogP contribution in [0.1, 0.15) is 34.5 Å². The first kappa shape index (κ1) is 26.9. The van der Waals surface area contributed by atoms with Gasteiger partial charge in [0.15, 0.2) is 5.69 Å². The standard InChI is InChI=1S/C26H23FN6O6S/c1-16-24(25(34)29-15-17-4-3-11-28-14-17)30-32(20-6-2-5-18(27)12-20)26(16)39-22-10-9-21(33(35)36)13-23(22)40(37,38)31-19-7-8-19/h2-6,9-14,19,31H,7-8,15H2,1H3,(H,29,34). The first-order valence-electron chi connectivity index (χ1n) is 12.1. The third kappa shape index (κ3) is 5.82. The van der Waals surface area contributed by atoms with Gasteiger partial charge in [-0.2, -0.15) is 9.78 Å². The van der Waals surface area contributed by atoms with Crippen molar-refractivity contribution in [3.05, 3.63) is 99.7 Å². The third-order valence-electron chi connectivity index (χ3n) is 6.05. The molecular weight excluding hydrogens is 543 g/mol. The molecular formula is C26H23FN6O6S. The average Bonchev–Trinajstić information content (AvgIpc) is 3.68. The van der Waals surface area contributed by atoms with Gasteiger partial charge in [0.1, 0.15) is 16.5 Å². The number of carbonyl (C=O) groups excluding carboxylic acids is 1. The van der Waals surface area contributed by atoms with Crippen LogP contribution in [-0.4, -0.2) is 40.1 Å². The average molecular weight is 567 g/mol. The second kappa shape index (κ2) is 10.8. The van der Waals surface area contributed by atoms with Gasteiger partial charge in [-0.1, -0.05) is 12.1 Å². The van der Waals surface area contributed by atoms with Crippen LogP contribution in [0.4, 0.5) is 10.1 Å². The number of non-ortho nitro benzene ring substituents is 1. The van der Waals surface area contributed by atoms with E-state index in [4.69, 9.17) is 4.74 Å². The number of nitrogens with one attached hydrogen (secondary N) is 2. The summed E-state index contributed by atoms with van der Waals surface area (Å²) in [5, 5.41) is 18.5. The van der Waals surface area contributed by atoms with Gasteiger partial charge < -0.3 is 10.1 Å². The van der Waals surface area contributed by atoms with Crippen molar-refractivity contribution in [2.24, 2.45) is 0 Å².